The Labute approximate surface area is 117 Å². The smallest absolute Gasteiger partial charge is 0.164 e. The fourth-order valence-electron chi connectivity index (χ4n) is 1.77. The molecule has 0 amide bonds. The summed E-state index contributed by atoms with van der Waals surface area (Å²) < 4.78 is 40.4. The van der Waals surface area contributed by atoms with Crippen LogP contribution in [0.25, 0.3) is 0 Å². The third-order valence-electron chi connectivity index (χ3n) is 2.75. The van der Waals surface area contributed by atoms with Crippen LogP contribution in [0.4, 0.5) is 18.9 Å². The van der Waals surface area contributed by atoms with Gasteiger partial charge in [0.15, 0.2) is 11.6 Å². The zero-order chi connectivity index (χ0) is 14.0. The molecule has 1 atom stereocenters. The molecule has 1 nitrogen and oxygen atoms in total. The van der Waals surface area contributed by atoms with Crippen LogP contribution in [0.5, 0.6) is 0 Å². The number of nitrogens with one attached hydrogen (secondary N) is 1. The molecule has 0 aliphatic heterocycles. The summed E-state index contributed by atoms with van der Waals surface area (Å²) in [5.74, 6) is -2.20. The van der Waals surface area contributed by atoms with Crippen molar-refractivity contribution in [3.63, 3.8) is 0 Å². The van der Waals surface area contributed by atoms with Gasteiger partial charge in [0.25, 0.3) is 0 Å². The van der Waals surface area contributed by atoms with E-state index in [4.69, 9.17) is 0 Å². The Morgan fingerprint density at radius 2 is 1.79 bits per heavy atom. The topological polar surface area (TPSA) is 12.0 Å². The van der Waals surface area contributed by atoms with Gasteiger partial charge in [0.1, 0.15) is 5.82 Å². The molecule has 0 aliphatic carbocycles. The summed E-state index contributed by atoms with van der Waals surface area (Å²) in [7, 11) is 0. The van der Waals surface area contributed by atoms with Crippen molar-refractivity contribution in [2.24, 2.45) is 0 Å². The second-order valence-electron chi connectivity index (χ2n) is 4.14. The Morgan fingerprint density at radius 1 is 1.05 bits per heavy atom. The summed E-state index contributed by atoms with van der Waals surface area (Å²) >= 11 is 3.05. The van der Waals surface area contributed by atoms with Gasteiger partial charge in [-0.2, -0.15) is 0 Å². The van der Waals surface area contributed by atoms with Crippen molar-refractivity contribution < 1.29 is 13.2 Å². The van der Waals surface area contributed by atoms with Gasteiger partial charge >= 0.3 is 0 Å². The molecule has 0 saturated heterocycles. The highest BCUT2D eigenvalue weighted by Crippen LogP contribution is 2.25. The lowest BCUT2D eigenvalue weighted by molar-refractivity contribution is 0.494. The molecule has 0 heterocycles. The lowest BCUT2D eigenvalue weighted by atomic mass is 10.1. The van der Waals surface area contributed by atoms with E-state index in [1.807, 2.05) is 0 Å². The highest BCUT2D eigenvalue weighted by molar-refractivity contribution is 9.10. The molecule has 0 spiro atoms. The predicted molar refractivity (Wildman–Crippen MR) is 72.5 cm³/mol. The number of benzene rings is 2. The number of rotatable bonds is 3. The molecule has 2 aromatic rings. The minimum absolute atomic E-state index is 0.198. The molecule has 19 heavy (non-hydrogen) atoms. The highest BCUT2D eigenvalue weighted by atomic mass is 79.9. The molecule has 0 aromatic heterocycles. The number of halogens is 4. The molecular weight excluding hydrogens is 319 g/mol. The zero-order valence-electron chi connectivity index (χ0n) is 10.1. The van der Waals surface area contributed by atoms with E-state index in [-0.39, 0.29) is 5.56 Å². The van der Waals surface area contributed by atoms with Crippen LogP contribution in [0.2, 0.25) is 0 Å². The molecule has 1 unspecified atom stereocenters. The SMILES string of the molecule is CC(Nc1ccc(Br)c(F)c1)c1cccc(F)c1F. The molecule has 1 N–H and O–H groups in total. The Kier molecular flexibility index (Phi) is 4.14. The van der Waals surface area contributed by atoms with Gasteiger partial charge in [-0.15, -0.1) is 0 Å². The largest absolute Gasteiger partial charge is 0.378 e. The second-order valence-corrected chi connectivity index (χ2v) is 4.99. The fraction of sp³-hybridized carbons (Fsp3) is 0.143. The monoisotopic (exact) mass is 329 g/mol. The van der Waals surface area contributed by atoms with Crippen LogP contribution in [-0.2, 0) is 0 Å². The summed E-state index contributed by atoms with van der Waals surface area (Å²) in [6.07, 6.45) is 0. The molecule has 0 radical (unpaired) electrons. The first kappa shape index (κ1) is 13.9. The van der Waals surface area contributed by atoms with Crippen molar-refractivity contribution in [2.75, 3.05) is 5.32 Å². The second kappa shape index (κ2) is 5.65. The summed E-state index contributed by atoms with van der Waals surface area (Å²) in [4.78, 5) is 0. The average molecular weight is 330 g/mol. The number of hydrogen-bond acceptors (Lipinski definition) is 1. The van der Waals surface area contributed by atoms with Crippen LogP contribution in [0.3, 0.4) is 0 Å². The first-order chi connectivity index (χ1) is 8.99. The Hall–Kier alpha value is -1.49. The van der Waals surface area contributed by atoms with Gasteiger partial charge < -0.3 is 5.32 Å². The van der Waals surface area contributed by atoms with Crippen molar-refractivity contribution >= 4 is 21.6 Å². The molecular formula is C14H11BrF3N. The number of hydrogen-bond donors (Lipinski definition) is 1. The van der Waals surface area contributed by atoms with E-state index in [2.05, 4.69) is 21.2 Å². The molecule has 2 aromatic carbocycles. The van der Waals surface area contributed by atoms with Crippen molar-refractivity contribution in [3.8, 4) is 0 Å². The minimum atomic E-state index is -0.895. The molecule has 5 heteroatoms. The maximum absolute atomic E-state index is 13.6. The quantitative estimate of drug-likeness (QED) is 0.831. The first-order valence-corrected chi connectivity index (χ1v) is 6.44. The van der Waals surface area contributed by atoms with Crippen molar-refractivity contribution in [1.82, 2.24) is 0 Å². The van der Waals surface area contributed by atoms with E-state index in [1.165, 1.54) is 18.2 Å². The normalized spacial score (nSPS) is 12.3. The molecule has 0 aliphatic rings. The van der Waals surface area contributed by atoms with Gasteiger partial charge in [-0.1, -0.05) is 12.1 Å². The zero-order valence-corrected chi connectivity index (χ0v) is 11.6. The van der Waals surface area contributed by atoms with Gasteiger partial charge in [-0.25, -0.2) is 13.2 Å². The van der Waals surface area contributed by atoms with Gasteiger partial charge in [0, 0.05) is 11.3 Å². The predicted octanol–water partition coefficient (Wildman–Crippen LogP) is 5.04. The summed E-state index contributed by atoms with van der Waals surface area (Å²) in [6.45, 7) is 1.68. The van der Waals surface area contributed by atoms with E-state index in [0.29, 0.717) is 10.2 Å². The van der Waals surface area contributed by atoms with Crippen LogP contribution in [0, 0.1) is 17.5 Å². The van der Waals surface area contributed by atoms with Crippen molar-refractivity contribution in [3.05, 3.63) is 63.9 Å². The lowest BCUT2D eigenvalue weighted by Gasteiger charge is -2.16. The van der Waals surface area contributed by atoms with E-state index >= 15 is 0 Å². The van der Waals surface area contributed by atoms with Crippen molar-refractivity contribution in [1.29, 1.82) is 0 Å². The number of anilines is 1. The van der Waals surface area contributed by atoms with Crippen LogP contribution in [-0.4, -0.2) is 0 Å². The third-order valence-corrected chi connectivity index (χ3v) is 3.39. The molecule has 0 saturated carbocycles. The Morgan fingerprint density at radius 3 is 2.47 bits per heavy atom. The van der Waals surface area contributed by atoms with E-state index < -0.39 is 23.5 Å². The molecule has 100 valence electrons. The van der Waals surface area contributed by atoms with Crippen LogP contribution in [0.1, 0.15) is 18.5 Å². The standard InChI is InChI=1S/C14H11BrF3N/c1-8(10-3-2-4-12(16)14(10)18)19-9-5-6-11(15)13(17)7-9/h2-8,19H,1H3. The van der Waals surface area contributed by atoms with Crippen LogP contribution in [0.15, 0.2) is 40.9 Å². The van der Waals surface area contributed by atoms with E-state index in [1.54, 1.807) is 19.1 Å². The fourth-order valence-corrected chi connectivity index (χ4v) is 2.02. The molecule has 0 fully saturated rings. The maximum Gasteiger partial charge on any atom is 0.164 e. The lowest BCUT2D eigenvalue weighted by Crippen LogP contribution is -2.09. The van der Waals surface area contributed by atoms with Gasteiger partial charge in [0.2, 0.25) is 0 Å². The Balaban J connectivity index is 2.23. The highest BCUT2D eigenvalue weighted by Gasteiger charge is 2.14. The first-order valence-electron chi connectivity index (χ1n) is 5.64. The maximum atomic E-state index is 13.6. The minimum Gasteiger partial charge on any atom is -0.378 e. The van der Waals surface area contributed by atoms with E-state index in [9.17, 15) is 13.2 Å². The Bertz CT molecular complexity index is 601. The third kappa shape index (κ3) is 3.10. The van der Waals surface area contributed by atoms with Crippen LogP contribution < -0.4 is 5.32 Å². The van der Waals surface area contributed by atoms with Crippen LogP contribution >= 0.6 is 15.9 Å². The van der Waals surface area contributed by atoms with Gasteiger partial charge in [0.05, 0.1) is 10.5 Å². The molecule has 0 bridgehead atoms. The summed E-state index contributed by atoms with van der Waals surface area (Å²) in [5, 5.41) is 2.93. The molecule has 2 rings (SSSR count). The summed E-state index contributed by atoms with van der Waals surface area (Å²) in [6, 6.07) is 8.01. The van der Waals surface area contributed by atoms with Gasteiger partial charge in [-0.3, -0.25) is 0 Å². The van der Waals surface area contributed by atoms with Crippen molar-refractivity contribution in [2.45, 2.75) is 13.0 Å². The van der Waals surface area contributed by atoms with Gasteiger partial charge in [-0.05, 0) is 47.1 Å². The summed E-state index contributed by atoms with van der Waals surface area (Å²) in [5.41, 5.74) is 0.695. The van der Waals surface area contributed by atoms with E-state index in [0.717, 1.165) is 6.07 Å². The average Bonchev–Trinajstić information content (AvgIpc) is 2.37.